The van der Waals surface area contributed by atoms with Gasteiger partial charge in [-0.1, -0.05) is 48.5 Å². The molecule has 3 aromatic rings. The first-order valence-corrected chi connectivity index (χ1v) is 8.82. The predicted molar refractivity (Wildman–Crippen MR) is 104 cm³/mol. The molecule has 0 saturated heterocycles. The number of nitrogens with one attached hydrogen (secondary N) is 1. The van der Waals surface area contributed by atoms with Gasteiger partial charge in [0.25, 0.3) is 5.91 Å². The van der Waals surface area contributed by atoms with E-state index in [0.717, 1.165) is 5.56 Å². The second-order valence-corrected chi connectivity index (χ2v) is 6.39. The summed E-state index contributed by atoms with van der Waals surface area (Å²) in [5.74, 6) is -2.59. The third-order valence-corrected chi connectivity index (χ3v) is 4.41. The molecule has 0 saturated carbocycles. The van der Waals surface area contributed by atoms with Crippen molar-refractivity contribution in [2.24, 2.45) is 0 Å². The van der Waals surface area contributed by atoms with Crippen molar-refractivity contribution in [2.75, 3.05) is 0 Å². The standard InChI is InChI=1S/C22H20N2O4/c25-17-11-12-18(23-14-17)20(22(27)28)19(13-15-7-3-1-4-8-15)24-21(26)16-9-5-2-6-10-16/h1-12,14,19-20,25H,13H2,(H,24,26)(H,27,28). The smallest absolute Gasteiger partial charge is 0.314 e. The van der Waals surface area contributed by atoms with E-state index in [1.807, 2.05) is 30.3 Å². The molecule has 28 heavy (non-hydrogen) atoms. The van der Waals surface area contributed by atoms with Crippen molar-refractivity contribution in [2.45, 2.75) is 18.4 Å². The van der Waals surface area contributed by atoms with Gasteiger partial charge in [-0.2, -0.15) is 0 Å². The molecule has 0 aliphatic rings. The zero-order valence-corrected chi connectivity index (χ0v) is 15.0. The number of aliphatic carboxylic acids is 1. The van der Waals surface area contributed by atoms with E-state index in [9.17, 15) is 19.8 Å². The van der Waals surface area contributed by atoms with Gasteiger partial charge in [0.15, 0.2) is 0 Å². The van der Waals surface area contributed by atoms with Crippen LogP contribution in [0.1, 0.15) is 27.5 Å². The lowest BCUT2D eigenvalue weighted by Crippen LogP contribution is -2.44. The van der Waals surface area contributed by atoms with Gasteiger partial charge in [0.1, 0.15) is 11.7 Å². The maximum Gasteiger partial charge on any atom is 0.314 e. The molecule has 2 aromatic carbocycles. The maximum atomic E-state index is 12.7. The zero-order valence-electron chi connectivity index (χ0n) is 15.0. The van der Waals surface area contributed by atoms with Crippen LogP contribution in [0.5, 0.6) is 5.75 Å². The highest BCUT2D eigenvalue weighted by Gasteiger charge is 2.32. The number of amides is 1. The topological polar surface area (TPSA) is 99.5 Å². The summed E-state index contributed by atoms with van der Waals surface area (Å²) in [5, 5.41) is 22.2. The number of hydrogen-bond acceptors (Lipinski definition) is 4. The summed E-state index contributed by atoms with van der Waals surface area (Å²) in [6, 6.07) is 20.1. The predicted octanol–water partition coefficient (Wildman–Crippen LogP) is 3.00. The van der Waals surface area contributed by atoms with Crippen molar-refractivity contribution in [3.63, 3.8) is 0 Å². The van der Waals surface area contributed by atoms with Crippen molar-refractivity contribution in [1.29, 1.82) is 0 Å². The van der Waals surface area contributed by atoms with Gasteiger partial charge in [-0.25, -0.2) is 0 Å². The average Bonchev–Trinajstić information content (AvgIpc) is 2.71. The minimum absolute atomic E-state index is 0.0548. The van der Waals surface area contributed by atoms with E-state index in [1.54, 1.807) is 30.3 Å². The molecule has 0 radical (unpaired) electrons. The molecule has 0 bridgehead atoms. The first-order valence-electron chi connectivity index (χ1n) is 8.82. The monoisotopic (exact) mass is 376 g/mol. The number of aromatic hydroxyl groups is 1. The normalized spacial score (nSPS) is 12.7. The lowest BCUT2D eigenvalue weighted by atomic mass is 9.90. The summed E-state index contributed by atoms with van der Waals surface area (Å²) in [5.41, 5.74) is 1.61. The van der Waals surface area contributed by atoms with Crippen molar-refractivity contribution >= 4 is 11.9 Å². The van der Waals surface area contributed by atoms with Crippen LogP contribution in [0.4, 0.5) is 0 Å². The van der Waals surface area contributed by atoms with Crippen molar-refractivity contribution in [3.8, 4) is 5.75 Å². The Bertz CT molecular complexity index is 928. The van der Waals surface area contributed by atoms with Crippen LogP contribution >= 0.6 is 0 Å². The van der Waals surface area contributed by atoms with Gasteiger partial charge < -0.3 is 15.5 Å². The summed E-state index contributed by atoms with van der Waals surface area (Å²) in [4.78, 5) is 28.8. The summed E-state index contributed by atoms with van der Waals surface area (Å²) in [7, 11) is 0. The summed E-state index contributed by atoms with van der Waals surface area (Å²) < 4.78 is 0. The number of benzene rings is 2. The number of carboxylic acid groups (broad SMARTS) is 1. The largest absolute Gasteiger partial charge is 0.506 e. The first-order chi connectivity index (χ1) is 13.5. The van der Waals surface area contributed by atoms with Crippen LogP contribution in [0.2, 0.25) is 0 Å². The van der Waals surface area contributed by atoms with Gasteiger partial charge in [-0.3, -0.25) is 14.6 Å². The Balaban J connectivity index is 1.94. The Labute approximate surface area is 162 Å². The van der Waals surface area contributed by atoms with Crippen LogP contribution < -0.4 is 5.32 Å². The summed E-state index contributed by atoms with van der Waals surface area (Å²) >= 11 is 0. The minimum atomic E-state index is -1.10. The molecule has 1 amide bonds. The van der Waals surface area contributed by atoms with Crippen LogP contribution in [-0.4, -0.2) is 33.1 Å². The van der Waals surface area contributed by atoms with Crippen molar-refractivity contribution in [3.05, 3.63) is 95.8 Å². The Morgan fingerprint density at radius 1 is 0.929 bits per heavy atom. The Morgan fingerprint density at radius 2 is 1.57 bits per heavy atom. The number of carbonyl (C=O) groups excluding carboxylic acids is 1. The molecule has 6 heteroatoms. The molecular weight excluding hydrogens is 356 g/mol. The quantitative estimate of drug-likeness (QED) is 0.589. The highest BCUT2D eigenvalue weighted by molar-refractivity contribution is 5.94. The van der Waals surface area contributed by atoms with Gasteiger partial charge in [0.2, 0.25) is 0 Å². The highest BCUT2D eigenvalue weighted by atomic mass is 16.4. The van der Waals surface area contributed by atoms with Crippen LogP contribution in [0.25, 0.3) is 0 Å². The maximum absolute atomic E-state index is 12.7. The third-order valence-electron chi connectivity index (χ3n) is 4.41. The molecule has 1 aromatic heterocycles. The molecule has 0 fully saturated rings. The van der Waals surface area contributed by atoms with E-state index in [1.165, 1.54) is 18.3 Å². The molecule has 142 valence electrons. The Hall–Kier alpha value is -3.67. The Morgan fingerprint density at radius 3 is 2.14 bits per heavy atom. The molecule has 3 rings (SSSR count). The first kappa shape index (κ1) is 19.1. The van der Waals surface area contributed by atoms with Crippen molar-refractivity contribution in [1.82, 2.24) is 10.3 Å². The van der Waals surface area contributed by atoms with E-state index in [4.69, 9.17) is 0 Å². The van der Waals surface area contributed by atoms with Crippen LogP contribution in [0.15, 0.2) is 79.0 Å². The van der Waals surface area contributed by atoms with E-state index < -0.39 is 17.9 Å². The molecular formula is C22H20N2O4. The number of carbonyl (C=O) groups is 2. The summed E-state index contributed by atoms with van der Waals surface area (Å²) in [6.07, 6.45) is 1.52. The van der Waals surface area contributed by atoms with Gasteiger partial charge in [-0.05, 0) is 36.2 Å². The molecule has 3 N–H and O–H groups in total. The highest BCUT2D eigenvalue weighted by Crippen LogP contribution is 2.23. The number of rotatable bonds is 7. The number of carboxylic acids is 1. The molecule has 2 unspecified atom stereocenters. The molecule has 0 aliphatic carbocycles. The third kappa shape index (κ3) is 4.73. The fraction of sp³-hybridized carbons (Fsp3) is 0.136. The van der Waals surface area contributed by atoms with Gasteiger partial charge in [0, 0.05) is 5.56 Å². The van der Waals surface area contributed by atoms with E-state index >= 15 is 0 Å². The van der Waals surface area contributed by atoms with Crippen molar-refractivity contribution < 1.29 is 19.8 Å². The van der Waals surface area contributed by atoms with Gasteiger partial charge >= 0.3 is 5.97 Å². The van der Waals surface area contributed by atoms with E-state index in [2.05, 4.69) is 10.3 Å². The SMILES string of the molecule is O=C(NC(Cc1ccccc1)C(C(=O)O)c1ccc(O)cn1)c1ccccc1. The lowest BCUT2D eigenvalue weighted by Gasteiger charge is -2.25. The Kier molecular flexibility index (Phi) is 6.01. The van der Waals surface area contributed by atoms with Crippen LogP contribution in [0, 0.1) is 0 Å². The second-order valence-electron chi connectivity index (χ2n) is 6.39. The number of nitrogens with zero attached hydrogens (tertiary/aromatic N) is 1. The fourth-order valence-corrected chi connectivity index (χ4v) is 3.05. The zero-order chi connectivity index (χ0) is 19.9. The molecule has 1 heterocycles. The number of pyridine rings is 1. The van der Waals surface area contributed by atoms with E-state index in [-0.39, 0.29) is 17.4 Å². The van der Waals surface area contributed by atoms with Crippen LogP contribution in [0.3, 0.4) is 0 Å². The van der Waals surface area contributed by atoms with Gasteiger partial charge in [0.05, 0.1) is 17.9 Å². The molecule has 0 aliphatic heterocycles. The van der Waals surface area contributed by atoms with E-state index in [0.29, 0.717) is 12.0 Å². The number of hydrogen-bond donors (Lipinski definition) is 3. The molecule has 2 atom stereocenters. The lowest BCUT2D eigenvalue weighted by molar-refractivity contribution is -0.139. The second kappa shape index (κ2) is 8.81. The molecule has 0 spiro atoms. The molecule has 6 nitrogen and oxygen atoms in total. The van der Waals surface area contributed by atoms with Crippen LogP contribution in [-0.2, 0) is 11.2 Å². The fourth-order valence-electron chi connectivity index (χ4n) is 3.05. The van der Waals surface area contributed by atoms with Gasteiger partial charge in [-0.15, -0.1) is 0 Å². The average molecular weight is 376 g/mol. The number of aromatic nitrogens is 1. The summed E-state index contributed by atoms with van der Waals surface area (Å²) in [6.45, 7) is 0. The minimum Gasteiger partial charge on any atom is -0.506 e.